The van der Waals surface area contributed by atoms with Crippen LogP contribution in [0.2, 0.25) is 0 Å². The van der Waals surface area contributed by atoms with Gasteiger partial charge in [-0.15, -0.1) is 0 Å². The molecule has 3 nitrogen and oxygen atoms in total. The van der Waals surface area contributed by atoms with Crippen LogP contribution in [0.3, 0.4) is 0 Å². The van der Waals surface area contributed by atoms with Crippen LogP contribution in [0, 0.1) is 10.8 Å². The largest absolute Gasteiger partial charge is 0.481 e. The third-order valence-electron chi connectivity index (χ3n) is 3.44. The van der Waals surface area contributed by atoms with Crippen molar-refractivity contribution in [3.63, 3.8) is 0 Å². The minimum Gasteiger partial charge on any atom is -0.481 e. The lowest BCUT2D eigenvalue weighted by Gasteiger charge is -2.30. The molecule has 0 aliphatic carbocycles. The molecule has 1 aliphatic rings. The smallest absolute Gasteiger partial charge is 0.312 e. The van der Waals surface area contributed by atoms with Gasteiger partial charge in [0.2, 0.25) is 0 Å². The standard InChI is InChI=1S/C12H22O3/c1-9-12(10(13)14,7-8-15-9)6-5-11(2,3)4/h9H,5-8H2,1-4H3,(H,13,14). The van der Waals surface area contributed by atoms with E-state index in [4.69, 9.17) is 4.74 Å². The second kappa shape index (κ2) is 4.12. The molecule has 0 aromatic heterocycles. The molecule has 15 heavy (non-hydrogen) atoms. The molecule has 1 fully saturated rings. The van der Waals surface area contributed by atoms with Crippen molar-refractivity contribution in [2.24, 2.45) is 10.8 Å². The summed E-state index contributed by atoms with van der Waals surface area (Å²) in [6.45, 7) is 8.89. The fraction of sp³-hybridized carbons (Fsp3) is 0.917. The highest BCUT2D eigenvalue weighted by Gasteiger charge is 2.48. The van der Waals surface area contributed by atoms with Crippen LogP contribution in [0.15, 0.2) is 0 Å². The Hall–Kier alpha value is -0.570. The van der Waals surface area contributed by atoms with Gasteiger partial charge < -0.3 is 9.84 Å². The van der Waals surface area contributed by atoms with E-state index in [0.717, 1.165) is 6.42 Å². The molecule has 1 heterocycles. The monoisotopic (exact) mass is 214 g/mol. The zero-order valence-corrected chi connectivity index (χ0v) is 10.2. The Morgan fingerprint density at radius 3 is 2.47 bits per heavy atom. The van der Waals surface area contributed by atoms with Gasteiger partial charge in [-0.25, -0.2) is 0 Å². The van der Waals surface area contributed by atoms with Crippen molar-refractivity contribution < 1.29 is 14.6 Å². The van der Waals surface area contributed by atoms with Crippen LogP contribution in [0.1, 0.15) is 47.0 Å². The van der Waals surface area contributed by atoms with Crippen LogP contribution < -0.4 is 0 Å². The molecule has 1 saturated heterocycles. The molecule has 0 amide bonds. The third kappa shape index (κ3) is 2.71. The van der Waals surface area contributed by atoms with E-state index in [-0.39, 0.29) is 11.5 Å². The summed E-state index contributed by atoms with van der Waals surface area (Å²) in [6.07, 6.45) is 2.14. The Balaban J connectivity index is 2.71. The highest BCUT2D eigenvalue weighted by Crippen LogP contribution is 2.42. The first-order valence-corrected chi connectivity index (χ1v) is 5.63. The number of rotatable bonds is 3. The van der Waals surface area contributed by atoms with Crippen LogP contribution in [-0.4, -0.2) is 23.8 Å². The first-order valence-electron chi connectivity index (χ1n) is 5.63. The molecule has 0 radical (unpaired) electrons. The van der Waals surface area contributed by atoms with Crippen LogP contribution in [0.5, 0.6) is 0 Å². The number of ether oxygens (including phenoxy) is 1. The molecule has 0 spiro atoms. The van der Waals surface area contributed by atoms with Crippen molar-refractivity contribution in [3.05, 3.63) is 0 Å². The number of carboxylic acid groups (broad SMARTS) is 1. The zero-order chi connectivity index (χ0) is 11.7. The van der Waals surface area contributed by atoms with Gasteiger partial charge >= 0.3 is 5.97 Å². The van der Waals surface area contributed by atoms with Gasteiger partial charge in [-0.3, -0.25) is 4.79 Å². The Labute approximate surface area is 91.8 Å². The second-order valence-electron chi connectivity index (χ2n) is 5.78. The first kappa shape index (κ1) is 12.5. The molecule has 0 aromatic carbocycles. The molecular weight excluding hydrogens is 192 g/mol. The lowest BCUT2D eigenvalue weighted by molar-refractivity contribution is -0.152. The van der Waals surface area contributed by atoms with Crippen LogP contribution >= 0.6 is 0 Å². The summed E-state index contributed by atoms with van der Waals surface area (Å²) in [5.74, 6) is -0.697. The molecule has 0 saturated carbocycles. The van der Waals surface area contributed by atoms with Gasteiger partial charge in [-0.2, -0.15) is 0 Å². The minimum atomic E-state index is -0.697. The summed E-state index contributed by atoms with van der Waals surface area (Å²) in [5.41, 5.74) is -0.460. The van der Waals surface area contributed by atoms with Crippen molar-refractivity contribution in [2.75, 3.05) is 6.61 Å². The summed E-state index contributed by atoms with van der Waals surface area (Å²) in [5, 5.41) is 9.35. The minimum absolute atomic E-state index is 0.155. The van der Waals surface area contributed by atoms with Gasteiger partial charge in [-0.1, -0.05) is 20.8 Å². The van der Waals surface area contributed by atoms with E-state index in [1.807, 2.05) is 6.92 Å². The van der Waals surface area contributed by atoms with Gasteiger partial charge in [0, 0.05) is 6.61 Å². The average Bonchev–Trinajstić information content (AvgIpc) is 2.43. The maximum absolute atomic E-state index is 11.4. The van der Waals surface area contributed by atoms with E-state index in [1.165, 1.54) is 0 Å². The second-order valence-corrected chi connectivity index (χ2v) is 5.78. The predicted octanol–water partition coefficient (Wildman–Crippen LogP) is 2.69. The summed E-state index contributed by atoms with van der Waals surface area (Å²) in [6, 6.07) is 0. The molecule has 88 valence electrons. The van der Waals surface area contributed by atoms with Crippen molar-refractivity contribution in [3.8, 4) is 0 Å². The predicted molar refractivity (Wildman–Crippen MR) is 58.8 cm³/mol. The lowest BCUT2D eigenvalue weighted by Crippen LogP contribution is -2.38. The molecule has 1 rings (SSSR count). The number of aliphatic carboxylic acids is 1. The van der Waals surface area contributed by atoms with E-state index >= 15 is 0 Å². The average molecular weight is 214 g/mol. The molecule has 1 N–H and O–H groups in total. The Kier molecular flexibility index (Phi) is 3.44. The Morgan fingerprint density at radius 2 is 2.13 bits per heavy atom. The summed E-state index contributed by atoms with van der Waals surface area (Å²) in [7, 11) is 0. The summed E-state index contributed by atoms with van der Waals surface area (Å²) < 4.78 is 5.41. The molecular formula is C12H22O3. The van der Waals surface area contributed by atoms with E-state index in [0.29, 0.717) is 19.4 Å². The summed E-state index contributed by atoms with van der Waals surface area (Å²) in [4.78, 5) is 11.4. The van der Waals surface area contributed by atoms with Gasteiger partial charge in [0.05, 0.1) is 11.5 Å². The van der Waals surface area contributed by atoms with E-state index < -0.39 is 11.4 Å². The maximum atomic E-state index is 11.4. The number of carboxylic acids is 1. The van der Waals surface area contributed by atoms with Crippen molar-refractivity contribution in [2.45, 2.75) is 53.1 Å². The van der Waals surface area contributed by atoms with Crippen molar-refractivity contribution >= 4 is 5.97 Å². The fourth-order valence-corrected chi connectivity index (χ4v) is 2.09. The SMILES string of the molecule is CC1OCCC1(CCC(C)(C)C)C(=O)O. The van der Waals surface area contributed by atoms with E-state index in [1.54, 1.807) is 0 Å². The normalized spacial score (nSPS) is 31.9. The zero-order valence-electron chi connectivity index (χ0n) is 10.2. The molecule has 1 aliphatic heterocycles. The van der Waals surface area contributed by atoms with Gasteiger partial charge in [0.25, 0.3) is 0 Å². The number of carbonyl (C=O) groups is 1. The van der Waals surface area contributed by atoms with Crippen LogP contribution in [-0.2, 0) is 9.53 Å². The molecule has 0 bridgehead atoms. The Bertz CT molecular complexity index is 242. The molecule has 2 unspecified atom stereocenters. The molecule has 2 atom stereocenters. The van der Waals surface area contributed by atoms with Gasteiger partial charge in [-0.05, 0) is 31.6 Å². The highest BCUT2D eigenvalue weighted by molar-refractivity contribution is 5.75. The number of hydrogen-bond acceptors (Lipinski definition) is 2. The maximum Gasteiger partial charge on any atom is 0.312 e. The fourth-order valence-electron chi connectivity index (χ4n) is 2.09. The van der Waals surface area contributed by atoms with Crippen LogP contribution in [0.25, 0.3) is 0 Å². The topological polar surface area (TPSA) is 46.5 Å². The van der Waals surface area contributed by atoms with Crippen molar-refractivity contribution in [1.82, 2.24) is 0 Å². The lowest BCUT2D eigenvalue weighted by atomic mass is 9.73. The van der Waals surface area contributed by atoms with Crippen LogP contribution in [0.4, 0.5) is 0 Å². The first-order chi connectivity index (χ1) is 6.78. The van der Waals surface area contributed by atoms with E-state index in [9.17, 15) is 9.90 Å². The molecule has 0 aromatic rings. The van der Waals surface area contributed by atoms with Gasteiger partial charge in [0.15, 0.2) is 0 Å². The van der Waals surface area contributed by atoms with Crippen molar-refractivity contribution in [1.29, 1.82) is 0 Å². The highest BCUT2D eigenvalue weighted by atomic mass is 16.5. The quantitative estimate of drug-likeness (QED) is 0.785. The number of hydrogen-bond donors (Lipinski definition) is 1. The molecule has 3 heteroatoms. The summed E-state index contributed by atoms with van der Waals surface area (Å²) >= 11 is 0. The third-order valence-corrected chi connectivity index (χ3v) is 3.44. The Morgan fingerprint density at radius 1 is 1.53 bits per heavy atom. The van der Waals surface area contributed by atoms with Gasteiger partial charge in [0.1, 0.15) is 0 Å². The van der Waals surface area contributed by atoms with E-state index in [2.05, 4.69) is 20.8 Å².